The van der Waals surface area contributed by atoms with Gasteiger partial charge in [0.15, 0.2) is 12.2 Å². The average Bonchev–Trinajstić information content (AvgIpc) is 2.49. The first-order valence-corrected chi connectivity index (χ1v) is 7.99. The molecule has 0 spiro atoms. The predicted octanol–water partition coefficient (Wildman–Crippen LogP) is -0.367. The molecule has 3 unspecified atom stereocenters. The van der Waals surface area contributed by atoms with Crippen LogP contribution in [-0.4, -0.2) is 67.2 Å². The zero-order valence-corrected chi connectivity index (χ0v) is 15.6. The van der Waals surface area contributed by atoms with Gasteiger partial charge in [-0.05, 0) is 0 Å². The van der Waals surface area contributed by atoms with E-state index in [0.29, 0.717) is 0 Å². The van der Waals surface area contributed by atoms with E-state index in [1.54, 1.807) is 0 Å². The van der Waals surface area contributed by atoms with Crippen LogP contribution in [0.3, 0.4) is 0 Å². The molecule has 0 amide bonds. The van der Waals surface area contributed by atoms with Crippen LogP contribution in [0.1, 0.15) is 34.6 Å². The van der Waals surface area contributed by atoms with Gasteiger partial charge in [0.1, 0.15) is 12.7 Å². The van der Waals surface area contributed by atoms with E-state index in [4.69, 9.17) is 28.4 Å². The number of hydrogen-bond acceptors (Lipinski definition) is 11. The van der Waals surface area contributed by atoms with E-state index in [1.807, 2.05) is 0 Å². The molecule has 1 fully saturated rings. The molecule has 1 rings (SSSR count). The molecule has 11 heteroatoms. The van der Waals surface area contributed by atoms with Gasteiger partial charge in [-0.25, -0.2) is 0 Å². The van der Waals surface area contributed by atoms with Crippen molar-refractivity contribution in [3.8, 4) is 0 Å². The summed E-state index contributed by atoms with van der Waals surface area (Å²) in [4.78, 5) is 57.0. The van der Waals surface area contributed by atoms with Gasteiger partial charge in [-0.3, -0.25) is 24.0 Å². The van der Waals surface area contributed by atoms with Crippen molar-refractivity contribution < 1.29 is 52.4 Å². The van der Waals surface area contributed by atoms with Crippen LogP contribution in [0.5, 0.6) is 0 Å². The van der Waals surface area contributed by atoms with Gasteiger partial charge in [0, 0.05) is 34.6 Å². The van der Waals surface area contributed by atoms with Crippen LogP contribution < -0.4 is 0 Å². The number of carbonyl (C=O) groups excluding carboxylic acids is 5. The SMILES string of the molecule is CC(=O)OCC1O[C@@H](OC(C)=O)C(OC(C)=O)C(OC(C)=O)[C@@H]1OC(C)=O. The smallest absolute Gasteiger partial charge is 0.305 e. The van der Waals surface area contributed by atoms with Gasteiger partial charge in [-0.1, -0.05) is 0 Å². The first-order valence-electron chi connectivity index (χ1n) is 7.99. The van der Waals surface area contributed by atoms with Crippen LogP contribution in [0.2, 0.25) is 0 Å². The molecule has 11 nitrogen and oxygen atoms in total. The molecule has 1 heterocycles. The lowest BCUT2D eigenvalue weighted by molar-refractivity contribution is -0.300. The molecule has 0 aromatic carbocycles. The number of hydrogen-bond donors (Lipinski definition) is 0. The Kier molecular flexibility index (Phi) is 8.16. The second-order valence-corrected chi connectivity index (χ2v) is 5.68. The fourth-order valence-electron chi connectivity index (χ4n) is 2.45. The van der Waals surface area contributed by atoms with Crippen LogP contribution in [0.4, 0.5) is 0 Å². The van der Waals surface area contributed by atoms with E-state index in [9.17, 15) is 24.0 Å². The van der Waals surface area contributed by atoms with Crippen molar-refractivity contribution in [2.75, 3.05) is 6.61 Å². The highest BCUT2D eigenvalue weighted by molar-refractivity contribution is 5.69. The molecule has 0 N–H and O–H groups in total. The molecule has 0 radical (unpaired) electrons. The molecular formula is C16H22O11. The van der Waals surface area contributed by atoms with E-state index in [0.717, 1.165) is 34.6 Å². The average molecular weight is 390 g/mol. The molecule has 1 aliphatic rings. The Balaban J connectivity index is 3.29. The number of ether oxygens (including phenoxy) is 6. The van der Waals surface area contributed by atoms with Crippen molar-refractivity contribution in [2.45, 2.75) is 65.3 Å². The van der Waals surface area contributed by atoms with Crippen molar-refractivity contribution >= 4 is 29.8 Å². The standard InChI is InChI=1S/C16H22O11/c1-7(17)22-6-12-13(23-8(2)18)14(24-9(3)19)15(25-10(4)20)16(27-12)26-11(5)21/h12-16H,6H2,1-5H3/t12?,13-,14?,15?,16-/m1/s1. The second-order valence-electron chi connectivity index (χ2n) is 5.68. The molecule has 0 aromatic heterocycles. The minimum atomic E-state index is -1.48. The highest BCUT2D eigenvalue weighted by atomic mass is 16.7. The molecule has 1 aliphatic heterocycles. The number of carbonyl (C=O) groups is 5. The van der Waals surface area contributed by atoms with Crippen LogP contribution in [0, 0.1) is 0 Å². The zero-order valence-electron chi connectivity index (χ0n) is 15.6. The fraction of sp³-hybridized carbons (Fsp3) is 0.688. The maximum atomic E-state index is 11.5. The Morgan fingerprint density at radius 3 is 1.52 bits per heavy atom. The van der Waals surface area contributed by atoms with Gasteiger partial charge in [0.2, 0.25) is 12.4 Å². The van der Waals surface area contributed by atoms with E-state index >= 15 is 0 Å². The lowest BCUT2D eigenvalue weighted by atomic mass is 9.98. The van der Waals surface area contributed by atoms with Gasteiger partial charge in [0.05, 0.1) is 0 Å². The molecular weight excluding hydrogens is 368 g/mol. The normalized spacial score (nSPS) is 27.1. The van der Waals surface area contributed by atoms with E-state index in [2.05, 4.69) is 0 Å². The van der Waals surface area contributed by atoms with Crippen molar-refractivity contribution in [3.63, 3.8) is 0 Å². The molecule has 5 atom stereocenters. The minimum Gasteiger partial charge on any atom is -0.463 e. The molecule has 0 aliphatic carbocycles. The summed E-state index contributed by atoms with van der Waals surface area (Å²) in [6.07, 6.45) is -6.70. The van der Waals surface area contributed by atoms with Gasteiger partial charge >= 0.3 is 29.8 Å². The third-order valence-electron chi connectivity index (χ3n) is 3.23. The zero-order chi connectivity index (χ0) is 20.7. The summed E-state index contributed by atoms with van der Waals surface area (Å²) < 4.78 is 30.8. The van der Waals surface area contributed by atoms with Crippen molar-refractivity contribution in [1.82, 2.24) is 0 Å². The van der Waals surface area contributed by atoms with Gasteiger partial charge in [-0.15, -0.1) is 0 Å². The van der Waals surface area contributed by atoms with Crippen LogP contribution in [0.25, 0.3) is 0 Å². The quantitative estimate of drug-likeness (QED) is 0.433. The fourth-order valence-corrected chi connectivity index (χ4v) is 2.45. The second kappa shape index (κ2) is 9.86. The van der Waals surface area contributed by atoms with Crippen LogP contribution in [0.15, 0.2) is 0 Å². The summed E-state index contributed by atoms with van der Waals surface area (Å²) in [6.45, 7) is 5.13. The van der Waals surface area contributed by atoms with E-state index < -0.39 is 67.2 Å². The Hall–Kier alpha value is -2.69. The number of rotatable bonds is 6. The first-order chi connectivity index (χ1) is 12.5. The summed E-state index contributed by atoms with van der Waals surface area (Å²) in [7, 11) is 0. The summed E-state index contributed by atoms with van der Waals surface area (Å²) in [5, 5.41) is 0. The Morgan fingerprint density at radius 1 is 0.630 bits per heavy atom. The third kappa shape index (κ3) is 7.21. The molecule has 152 valence electrons. The summed E-state index contributed by atoms with van der Waals surface area (Å²) >= 11 is 0. The lowest BCUT2D eigenvalue weighted by Crippen LogP contribution is -2.63. The number of esters is 5. The largest absolute Gasteiger partial charge is 0.463 e. The third-order valence-corrected chi connectivity index (χ3v) is 3.23. The highest BCUT2D eigenvalue weighted by Gasteiger charge is 2.53. The van der Waals surface area contributed by atoms with Crippen LogP contribution >= 0.6 is 0 Å². The Morgan fingerprint density at radius 2 is 1.07 bits per heavy atom. The van der Waals surface area contributed by atoms with Crippen molar-refractivity contribution in [3.05, 3.63) is 0 Å². The topological polar surface area (TPSA) is 141 Å². The Bertz CT molecular complexity index is 599. The minimum absolute atomic E-state index is 0.393. The highest BCUT2D eigenvalue weighted by Crippen LogP contribution is 2.29. The lowest BCUT2D eigenvalue weighted by Gasteiger charge is -2.43. The van der Waals surface area contributed by atoms with Crippen molar-refractivity contribution in [1.29, 1.82) is 0 Å². The van der Waals surface area contributed by atoms with Gasteiger partial charge in [0.25, 0.3) is 0 Å². The molecule has 1 saturated heterocycles. The molecule has 0 saturated carbocycles. The summed E-state index contributed by atoms with van der Waals surface area (Å²) in [5.74, 6) is -3.71. The maximum absolute atomic E-state index is 11.5. The monoisotopic (exact) mass is 390 g/mol. The molecule has 27 heavy (non-hydrogen) atoms. The van der Waals surface area contributed by atoms with E-state index in [-0.39, 0.29) is 0 Å². The van der Waals surface area contributed by atoms with E-state index in [1.165, 1.54) is 0 Å². The van der Waals surface area contributed by atoms with Gasteiger partial charge in [-0.2, -0.15) is 0 Å². The summed E-state index contributed by atoms with van der Waals surface area (Å²) in [5.41, 5.74) is 0. The van der Waals surface area contributed by atoms with Crippen LogP contribution in [-0.2, 0) is 52.4 Å². The predicted molar refractivity (Wildman–Crippen MR) is 83.7 cm³/mol. The summed E-state index contributed by atoms with van der Waals surface area (Å²) in [6, 6.07) is 0. The van der Waals surface area contributed by atoms with Gasteiger partial charge < -0.3 is 28.4 Å². The Labute approximate surface area is 155 Å². The first kappa shape index (κ1) is 22.4. The maximum Gasteiger partial charge on any atom is 0.305 e. The van der Waals surface area contributed by atoms with Crippen molar-refractivity contribution in [2.24, 2.45) is 0 Å². The molecule has 0 bridgehead atoms. The molecule has 0 aromatic rings.